The minimum atomic E-state index is 0.0227. The monoisotopic (exact) mass is 444 g/mol. The van der Waals surface area contributed by atoms with Crippen molar-refractivity contribution in [3.8, 4) is 10.6 Å². The molecule has 1 amide bonds. The summed E-state index contributed by atoms with van der Waals surface area (Å²) in [4.78, 5) is 18.9. The van der Waals surface area contributed by atoms with Crippen LogP contribution in [0.1, 0.15) is 36.8 Å². The van der Waals surface area contributed by atoms with Crippen LogP contribution in [0.5, 0.6) is 0 Å². The van der Waals surface area contributed by atoms with Crippen LogP contribution in [0.3, 0.4) is 0 Å². The normalized spacial score (nSPS) is 18.5. The highest BCUT2D eigenvalue weighted by molar-refractivity contribution is 7.23. The van der Waals surface area contributed by atoms with E-state index in [1.807, 2.05) is 18.2 Å². The number of amides is 1. The first-order valence-corrected chi connectivity index (χ1v) is 12.0. The van der Waals surface area contributed by atoms with E-state index in [0.717, 1.165) is 34.1 Å². The van der Waals surface area contributed by atoms with Crippen molar-refractivity contribution in [2.75, 3.05) is 32.1 Å². The van der Waals surface area contributed by atoms with Crippen molar-refractivity contribution in [3.05, 3.63) is 34.7 Å². The molecule has 0 unspecified atom stereocenters. The van der Waals surface area contributed by atoms with Crippen LogP contribution >= 0.6 is 22.7 Å². The Kier molecular flexibility index (Phi) is 6.80. The minimum Gasteiger partial charge on any atom is -0.383 e. The van der Waals surface area contributed by atoms with Crippen LogP contribution in [-0.4, -0.2) is 43.7 Å². The summed E-state index contributed by atoms with van der Waals surface area (Å²) in [5, 5.41) is 11.9. The molecule has 0 fully saturated rings. The maximum absolute atomic E-state index is 12.7. The van der Waals surface area contributed by atoms with Gasteiger partial charge in [-0.2, -0.15) is 0 Å². The van der Waals surface area contributed by atoms with Crippen LogP contribution in [0.25, 0.3) is 20.8 Å². The number of ether oxygens (including phenoxy) is 1. The molecule has 2 aromatic heterocycles. The Balaban J connectivity index is 1.63. The molecule has 2 atom stereocenters. The van der Waals surface area contributed by atoms with Crippen LogP contribution < -0.4 is 16.0 Å². The average molecular weight is 445 g/mol. The molecule has 0 aliphatic carbocycles. The molecule has 6 nitrogen and oxygen atoms in total. The Bertz CT molecular complexity index is 996. The summed E-state index contributed by atoms with van der Waals surface area (Å²) >= 11 is 3.38. The number of nitrogens with zero attached hydrogens (tertiary/aromatic N) is 1. The summed E-state index contributed by atoms with van der Waals surface area (Å²) in [6, 6.07) is 8.87. The van der Waals surface area contributed by atoms with Crippen molar-refractivity contribution in [1.82, 2.24) is 15.6 Å². The molecule has 0 bridgehead atoms. The zero-order valence-electron chi connectivity index (χ0n) is 17.6. The van der Waals surface area contributed by atoms with E-state index in [2.05, 4.69) is 35.9 Å². The van der Waals surface area contributed by atoms with Gasteiger partial charge in [0.25, 0.3) is 0 Å². The van der Waals surface area contributed by atoms with E-state index in [4.69, 9.17) is 9.72 Å². The van der Waals surface area contributed by atoms with Crippen LogP contribution in [0.2, 0.25) is 0 Å². The summed E-state index contributed by atoms with van der Waals surface area (Å²) in [6.45, 7) is 6.42. The number of carbonyl (C=O) groups excluding carboxylic acids is 1. The lowest BCUT2D eigenvalue weighted by molar-refractivity contribution is -0.116. The van der Waals surface area contributed by atoms with Gasteiger partial charge < -0.3 is 20.7 Å². The number of para-hydroxylation sites is 1. The van der Waals surface area contributed by atoms with E-state index in [-0.39, 0.29) is 11.9 Å². The molecule has 160 valence electrons. The number of methoxy groups -OCH3 is 1. The third kappa shape index (κ3) is 4.58. The summed E-state index contributed by atoms with van der Waals surface area (Å²) in [5.74, 6) is 0.0227. The molecule has 0 saturated carbocycles. The lowest BCUT2D eigenvalue weighted by Gasteiger charge is -2.26. The maximum Gasteiger partial charge on any atom is 0.226 e. The molecule has 8 heteroatoms. The van der Waals surface area contributed by atoms with Crippen molar-refractivity contribution in [3.63, 3.8) is 0 Å². The van der Waals surface area contributed by atoms with Crippen LogP contribution in [0.4, 0.5) is 5.00 Å². The number of fused-ring (bicyclic) bond motifs is 2. The Labute approximate surface area is 185 Å². The number of thiophene rings is 1. The molecule has 3 aromatic rings. The Morgan fingerprint density at radius 3 is 2.90 bits per heavy atom. The first-order valence-electron chi connectivity index (χ1n) is 10.3. The standard InChI is InChI=1S/C22H28N4O2S2/c1-13-12-15-19(21-25-16-6-4-5-7-17(16)29-21)22(30-20(15)14(2)24-13)26-18(27)8-9-23-10-11-28-3/h4-7,13-14,23-24H,8-12H2,1-3H3,(H,26,27)/t13-,14-/m1/s1. The number of nitrogens with one attached hydrogen (secondary N) is 3. The average Bonchev–Trinajstić information content (AvgIpc) is 3.28. The first-order chi connectivity index (χ1) is 14.6. The largest absolute Gasteiger partial charge is 0.383 e. The topological polar surface area (TPSA) is 75.3 Å². The molecule has 3 N–H and O–H groups in total. The third-order valence-corrected chi connectivity index (χ3v) is 7.63. The highest BCUT2D eigenvalue weighted by atomic mass is 32.1. The summed E-state index contributed by atoms with van der Waals surface area (Å²) in [6.07, 6.45) is 1.37. The van der Waals surface area contributed by atoms with Gasteiger partial charge in [0.05, 0.1) is 16.8 Å². The van der Waals surface area contributed by atoms with Gasteiger partial charge in [-0.3, -0.25) is 4.79 Å². The van der Waals surface area contributed by atoms with Crippen molar-refractivity contribution < 1.29 is 9.53 Å². The SMILES string of the molecule is COCCNCCC(=O)Nc1sc2c(c1-c1nc3ccccc3s1)C[C@@H](C)N[C@@H]2C. The van der Waals surface area contributed by atoms with E-state index in [9.17, 15) is 4.79 Å². The van der Waals surface area contributed by atoms with Gasteiger partial charge in [-0.05, 0) is 38.0 Å². The van der Waals surface area contributed by atoms with Gasteiger partial charge in [-0.25, -0.2) is 4.98 Å². The quantitative estimate of drug-likeness (QED) is 0.455. The van der Waals surface area contributed by atoms with Gasteiger partial charge >= 0.3 is 0 Å². The van der Waals surface area contributed by atoms with Gasteiger partial charge in [0.15, 0.2) is 0 Å². The highest BCUT2D eigenvalue weighted by Crippen LogP contribution is 2.47. The molecule has 1 aliphatic heterocycles. The molecule has 0 radical (unpaired) electrons. The lowest BCUT2D eigenvalue weighted by atomic mass is 9.95. The first kappa shape index (κ1) is 21.4. The fourth-order valence-electron chi connectivity index (χ4n) is 3.89. The van der Waals surface area contributed by atoms with E-state index in [0.29, 0.717) is 25.6 Å². The minimum absolute atomic E-state index is 0.0227. The Morgan fingerprint density at radius 2 is 2.10 bits per heavy atom. The van der Waals surface area contributed by atoms with Crippen LogP contribution in [-0.2, 0) is 16.0 Å². The Morgan fingerprint density at radius 1 is 1.27 bits per heavy atom. The number of rotatable bonds is 8. The molecule has 0 saturated heterocycles. The lowest BCUT2D eigenvalue weighted by Crippen LogP contribution is -2.35. The van der Waals surface area contributed by atoms with E-state index < -0.39 is 0 Å². The zero-order valence-corrected chi connectivity index (χ0v) is 19.2. The van der Waals surface area contributed by atoms with Crippen molar-refractivity contribution >= 4 is 43.8 Å². The molecule has 3 heterocycles. The molecule has 4 rings (SSSR count). The number of benzene rings is 1. The van der Waals surface area contributed by atoms with Gasteiger partial charge in [-0.15, -0.1) is 22.7 Å². The maximum atomic E-state index is 12.7. The van der Waals surface area contributed by atoms with Gasteiger partial charge in [0.1, 0.15) is 10.0 Å². The van der Waals surface area contributed by atoms with E-state index in [1.54, 1.807) is 29.8 Å². The molecule has 30 heavy (non-hydrogen) atoms. The second-order valence-corrected chi connectivity index (χ2v) is 9.75. The second kappa shape index (κ2) is 9.53. The predicted molar refractivity (Wildman–Crippen MR) is 126 cm³/mol. The van der Waals surface area contributed by atoms with Crippen molar-refractivity contribution in [2.24, 2.45) is 0 Å². The van der Waals surface area contributed by atoms with E-state index >= 15 is 0 Å². The molecule has 0 spiro atoms. The molecular weight excluding hydrogens is 416 g/mol. The fourth-order valence-corrected chi connectivity index (χ4v) is 6.26. The highest BCUT2D eigenvalue weighted by Gasteiger charge is 2.30. The Hall–Kier alpha value is -1.84. The number of anilines is 1. The summed E-state index contributed by atoms with van der Waals surface area (Å²) < 4.78 is 6.19. The van der Waals surface area contributed by atoms with Crippen LogP contribution in [0.15, 0.2) is 24.3 Å². The van der Waals surface area contributed by atoms with Gasteiger partial charge in [-0.1, -0.05) is 12.1 Å². The third-order valence-electron chi connectivity index (χ3n) is 5.25. The van der Waals surface area contributed by atoms with Crippen molar-refractivity contribution in [2.45, 2.75) is 38.8 Å². The molecular formula is C22H28N4O2S2. The van der Waals surface area contributed by atoms with Crippen LogP contribution in [0, 0.1) is 0 Å². The second-order valence-electron chi connectivity index (χ2n) is 7.67. The smallest absolute Gasteiger partial charge is 0.226 e. The van der Waals surface area contributed by atoms with E-state index in [1.165, 1.54) is 15.1 Å². The zero-order chi connectivity index (χ0) is 21.1. The number of aromatic nitrogens is 1. The molecule has 1 aromatic carbocycles. The summed E-state index contributed by atoms with van der Waals surface area (Å²) in [7, 11) is 1.67. The number of thiazole rings is 1. The predicted octanol–water partition coefficient (Wildman–Crippen LogP) is 4.18. The van der Waals surface area contributed by atoms with Gasteiger partial charge in [0.2, 0.25) is 5.91 Å². The number of carbonyl (C=O) groups is 1. The van der Waals surface area contributed by atoms with Crippen molar-refractivity contribution in [1.29, 1.82) is 0 Å². The van der Waals surface area contributed by atoms with Gasteiger partial charge in [0, 0.05) is 49.1 Å². The number of hydrogen-bond donors (Lipinski definition) is 3. The number of hydrogen-bond acceptors (Lipinski definition) is 7. The molecule has 1 aliphatic rings. The fraction of sp³-hybridized carbons (Fsp3) is 0.455. The summed E-state index contributed by atoms with van der Waals surface area (Å²) in [5.41, 5.74) is 3.44.